The number of piperazine rings is 1. The van der Waals surface area contributed by atoms with Gasteiger partial charge in [0, 0.05) is 32.7 Å². The molecular formula is C28H36N6O6. The van der Waals surface area contributed by atoms with E-state index in [4.69, 9.17) is 9.73 Å². The van der Waals surface area contributed by atoms with Crippen molar-refractivity contribution in [2.45, 2.75) is 51.9 Å². The van der Waals surface area contributed by atoms with Crippen LogP contribution in [0.4, 0.5) is 9.59 Å². The second kappa shape index (κ2) is 11.9. The highest BCUT2D eigenvalue weighted by Gasteiger charge is 2.54. The number of amides is 4. The Hall–Kier alpha value is -4.27. The molecule has 40 heavy (non-hydrogen) atoms. The number of carboxylic acids is 1. The first-order valence-corrected chi connectivity index (χ1v) is 13.3. The van der Waals surface area contributed by atoms with Crippen LogP contribution in [-0.2, 0) is 20.7 Å². The number of hydrogen-bond donors (Lipinski definition) is 1. The first kappa shape index (κ1) is 28.7. The maximum Gasteiger partial charge on any atom is 0.410 e. The third-order valence-corrected chi connectivity index (χ3v) is 6.85. The quantitative estimate of drug-likeness (QED) is 0.527. The summed E-state index contributed by atoms with van der Waals surface area (Å²) in [5.74, 6) is 4.68. The summed E-state index contributed by atoms with van der Waals surface area (Å²) >= 11 is 0. The van der Waals surface area contributed by atoms with Gasteiger partial charge in [-0.15, -0.1) is 5.92 Å². The number of aliphatic carboxylic acids is 1. The van der Waals surface area contributed by atoms with Crippen molar-refractivity contribution in [3.05, 3.63) is 35.9 Å². The van der Waals surface area contributed by atoms with Crippen LogP contribution in [0.2, 0.25) is 0 Å². The van der Waals surface area contributed by atoms with E-state index in [1.165, 1.54) is 0 Å². The lowest BCUT2D eigenvalue weighted by atomic mass is 10.1. The lowest BCUT2D eigenvalue weighted by Crippen LogP contribution is -2.67. The highest BCUT2D eigenvalue weighted by atomic mass is 16.6. The Morgan fingerprint density at radius 2 is 1.75 bits per heavy atom. The van der Waals surface area contributed by atoms with Gasteiger partial charge in [-0.25, -0.2) is 14.6 Å². The van der Waals surface area contributed by atoms with Crippen molar-refractivity contribution in [1.29, 1.82) is 0 Å². The Kier molecular flexibility index (Phi) is 8.52. The number of fused-ring (bicyclic) bond motifs is 1. The monoisotopic (exact) mass is 552 g/mol. The van der Waals surface area contributed by atoms with Crippen molar-refractivity contribution < 1.29 is 29.0 Å². The zero-order valence-corrected chi connectivity index (χ0v) is 23.4. The zero-order valence-electron chi connectivity index (χ0n) is 23.4. The average Bonchev–Trinajstić information content (AvgIpc) is 3.29. The van der Waals surface area contributed by atoms with Crippen LogP contribution in [0, 0.1) is 11.8 Å². The van der Waals surface area contributed by atoms with Gasteiger partial charge in [0.2, 0.25) is 5.96 Å². The second-order valence-corrected chi connectivity index (χ2v) is 10.8. The van der Waals surface area contributed by atoms with Gasteiger partial charge in [0.25, 0.3) is 5.91 Å². The molecular weight excluding hydrogens is 516 g/mol. The fraction of sp³-hybridized carbons (Fsp3) is 0.536. The standard InChI is InChI=1S/C28H36N6O6/c1-5-6-13-32-22-23(29-25(32)30-15-17-31(18-16-30)27(39)40-28(2,3)4)34(19-21(35)36)26(38)33(24(22)37)14-12-20-10-8-7-9-11-20/h7-11,22-23H,12-19H2,1-4H3,(H,35,36). The molecule has 2 saturated heterocycles. The number of carbonyl (C=O) groups is 4. The molecule has 2 atom stereocenters. The third kappa shape index (κ3) is 6.30. The summed E-state index contributed by atoms with van der Waals surface area (Å²) in [6, 6.07) is 7.89. The van der Waals surface area contributed by atoms with Gasteiger partial charge in [-0.1, -0.05) is 36.3 Å². The molecule has 4 amide bonds. The summed E-state index contributed by atoms with van der Waals surface area (Å²) < 4.78 is 5.49. The van der Waals surface area contributed by atoms with E-state index >= 15 is 0 Å². The minimum Gasteiger partial charge on any atom is -0.480 e. The summed E-state index contributed by atoms with van der Waals surface area (Å²) in [5.41, 5.74) is 0.344. The van der Waals surface area contributed by atoms with Crippen LogP contribution < -0.4 is 0 Å². The van der Waals surface area contributed by atoms with E-state index < -0.39 is 48.4 Å². The predicted octanol–water partition coefficient (Wildman–Crippen LogP) is 1.52. The molecule has 0 aliphatic carbocycles. The molecule has 12 heteroatoms. The predicted molar refractivity (Wildman–Crippen MR) is 146 cm³/mol. The average molecular weight is 553 g/mol. The summed E-state index contributed by atoms with van der Waals surface area (Å²) in [4.78, 5) is 63.9. The van der Waals surface area contributed by atoms with Crippen molar-refractivity contribution >= 4 is 30.0 Å². The van der Waals surface area contributed by atoms with Gasteiger partial charge in [-0.2, -0.15) is 0 Å². The molecule has 2 fully saturated rings. The number of rotatable bonds is 6. The van der Waals surface area contributed by atoms with Gasteiger partial charge in [-0.05, 0) is 39.7 Å². The van der Waals surface area contributed by atoms with E-state index in [0.717, 1.165) is 15.4 Å². The summed E-state index contributed by atoms with van der Waals surface area (Å²) in [6.45, 7) is 8.43. The van der Waals surface area contributed by atoms with Crippen LogP contribution in [0.5, 0.6) is 0 Å². The number of carboxylic acid groups (broad SMARTS) is 1. The number of guanidine groups is 1. The number of nitrogens with zero attached hydrogens (tertiary/aromatic N) is 6. The molecule has 1 N–H and O–H groups in total. The molecule has 0 bridgehead atoms. The molecule has 0 spiro atoms. The molecule has 4 rings (SSSR count). The molecule has 1 aromatic carbocycles. The minimum absolute atomic E-state index is 0.109. The maximum absolute atomic E-state index is 13.8. The number of benzene rings is 1. The van der Waals surface area contributed by atoms with Gasteiger partial charge in [0.05, 0.1) is 6.54 Å². The largest absolute Gasteiger partial charge is 0.480 e. The van der Waals surface area contributed by atoms with E-state index in [0.29, 0.717) is 38.6 Å². The molecule has 1 aromatic rings. The van der Waals surface area contributed by atoms with Crippen LogP contribution in [0.3, 0.4) is 0 Å². The molecule has 3 heterocycles. The highest BCUT2D eigenvalue weighted by Crippen LogP contribution is 2.30. The Balaban J connectivity index is 1.58. The zero-order chi connectivity index (χ0) is 29.0. The van der Waals surface area contributed by atoms with Crippen molar-refractivity contribution in [2.75, 3.05) is 45.8 Å². The van der Waals surface area contributed by atoms with Crippen molar-refractivity contribution in [3.63, 3.8) is 0 Å². The van der Waals surface area contributed by atoms with E-state index in [1.807, 2.05) is 56.0 Å². The highest BCUT2D eigenvalue weighted by molar-refractivity contribution is 6.04. The smallest absolute Gasteiger partial charge is 0.410 e. The van der Waals surface area contributed by atoms with E-state index in [9.17, 15) is 24.3 Å². The molecule has 12 nitrogen and oxygen atoms in total. The Labute approximate surface area is 234 Å². The first-order chi connectivity index (χ1) is 19.0. The number of imide groups is 1. The topological polar surface area (TPSA) is 126 Å². The number of carbonyl (C=O) groups excluding carboxylic acids is 3. The molecule has 3 aliphatic rings. The van der Waals surface area contributed by atoms with Crippen molar-refractivity contribution in [3.8, 4) is 11.8 Å². The minimum atomic E-state index is -1.20. The van der Waals surface area contributed by atoms with Crippen LogP contribution in [-0.4, -0.2) is 123 Å². The lowest BCUT2D eigenvalue weighted by Gasteiger charge is -2.43. The number of hydrogen-bond acceptors (Lipinski definition) is 8. The Bertz CT molecular complexity index is 1230. The molecule has 3 aliphatic heterocycles. The van der Waals surface area contributed by atoms with Crippen LogP contribution >= 0.6 is 0 Å². The summed E-state index contributed by atoms with van der Waals surface area (Å²) in [7, 11) is 0. The Morgan fingerprint density at radius 3 is 2.35 bits per heavy atom. The van der Waals surface area contributed by atoms with Gasteiger partial charge >= 0.3 is 18.1 Å². The number of ether oxygens (including phenoxy) is 1. The van der Waals surface area contributed by atoms with Gasteiger partial charge in [0.1, 0.15) is 12.1 Å². The van der Waals surface area contributed by atoms with Crippen LogP contribution in [0.25, 0.3) is 0 Å². The second-order valence-electron chi connectivity index (χ2n) is 10.8. The van der Waals surface area contributed by atoms with Gasteiger partial charge in [0.15, 0.2) is 12.2 Å². The summed E-state index contributed by atoms with van der Waals surface area (Å²) in [5, 5.41) is 9.61. The maximum atomic E-state index is 13.8. The normalized spacial score (nSPS) is 21.1. The molecule has 0 radical (unpaired) electrons. The fourth-order valence-electron chi connectivity index (χ4n) is 4.98. The van der Waals surface area contributed by atoms with Crippen LogP contribution in [0.15, 0.2) is 35.3 Å². The van der Waals surface area contributed by atoms with Crippen LogP contribution in [0.1, 0.15) is 33.3 Å². The SMILES string of the molecule is CC#CCN1C(N2CCN(C(=O)OC(C)(C)C)CC2)=NC2C1C(=O)N(CCc1ccccc1)C(=O)N2CC(=O)O. The summed E-state index contributed by atoms with van der Waals surface area (Å²) in [6.07, 6.45) is -0.960. The van der Waals surface area contributed by atoms with Gasteiger partial charge in [-0.3, -0.25) is 19.4 Å². The molecule has 0 saturated carbocycles. The lowest BCUT2D eigenvalue weighted by molar-refractivity contribution is -0.144. The van der Waals surface area contributed by atoms with Gasteiger partial charge < -0.3 is 24.5 Å². The Morgan fingerprint density at radius 1 is 1.07 bits per heavy atom. The first-order valence-electron chi connectivity index (χ1n) is 13.3. The van der Waals surface area contributed by atoms with E-state index in [1.54, 1.807) is 16.7 Å². The van der Waals surface area contributed by atoms with Crippen molar-refractivity contribution in [2.24, 2.45) is 4.99 Å². The molecule has 0 aromatic heterocycles. The van der Waals surface area contributed by atoms with E-state index in [-0.39, 0.29) is 13.1 Å². The van der Waals surface area contributed by atoms with Crippen molar-refractivity contribution in [1.82, 2.24) is 24.5 Å². The molecule has 214 valence electrons. The molecule has 2 unspecified atom stereocenters. The number of aliphatic imine (C=N–C) groups is 1. The fourth-order valence-corrected chi connectivity index (χ4v) is 4.98. The van der Waals surface area contributed by atoms with E-state index in [2.05, 4.69) is 11.8 Å². The third-order valence-electron chi connectivity index (χ3n) is 6.85. The number of urea groups is 1.